The molecule has 0 aromatic carbocycles. The Morgan fingerprint density at radius 1 is 1.48 bits per heavy atom. The largest absolute Gasteiger partial charge is 0.376 e. The highest BCUT2D eigenvalue weighted by Gasteiger charge is 2.43. The van der Waals surface area contributed by atoms with Crippen molar-refractivity contribution < 1.29 is 14.3 Å². The van der Waals surface area contributed by atoms with Crippen molar-refractivity contribution in [3.8, 4) is 0 Å². The van der Waals surface area contributed by atoms with E-state index in [9.17, 15) is 4.79 Å². The molecule has 1 aromatic heterocycles. The summed E-state index contributed by atoms with van der Waals surface area (Å²) in [6.45, 7) is 2.60. The van der Waals surface area contributed by atoms with Gasteiger partial charge in [-0.2, -0.15) is 0 Å². The van der Waals surface area contributed by atoms with E-state index in [2.05, 4.69) is 4.98 Å². The number of carbonyl (C=O) groups is 1. The molecule has 2 aliphatic rings. The standard InChI is InChI=1S/C17H25N3O3/c1-19(2)17(21)20-6-7-23-16-9-14(8-15(16)20)12-22-11-13-4-3-5-18-10-13/h3-5,10,14-16H,6-9,11-12H2,1-2H3/t14-,15-,16-/m1/s1. The molecule has 2 amide bonds. The summed E-state index contributed by atoms with van der Waals surface area (Å²) in [4.78, 5) is 20.0. The zero-order valence-corrected chi connectivity index (χ0v) is 13.9. The third-order valence-corrected chi connectivity index (χ3v) is 4.61. The van der Waals surface area contributed by atoms with E-state index < -0.39 is 0 Å². The van der Waals surface area contributed by atoms with Crippen molar-refractivity contribution in [2.24, 2.45) is 5.92 Å². The topological polar surface area (TPSA) is 54.9 Å². The minimum Gasteiger partial charge on any atom is -0.376 e. The van der Waals surface area contributed by atoms with Crippen LogP contribution in [-0.4, -0.2) is 66.8 Å². The first-order valence-electron chi connectivity index (χ1n) is 8.21. The first kappa shape index (κ1) is 16.2. The van der Waals surface area contributed by atoms with Gasteiger partial charge in [-0.05, 0) is 30.4 Å². The number of morpholine rings is 1. The minimum absolute atomic E-state index is 0.0835. The van der Waals surface area contributed by atoms with Crippen LogP contribution in [0, 0.1) is 5.92 Å². The molecule has 1 aliphatic heterocycles. The number of nitrogens with zero attached hydrogens (tertiary/aromatic N) is 3. The third kappa shape index (κ3) is 3.82. The van der Waals surface area contributed by atoms with Gasteiger partial charge >= 0.3 is 6.03 Å². The molecule has 6 nitrogen and oxygen atoms in total. The number of fused-ring (bicyclic) bond motifs is 1. The Morgan fingerprint density at radius 3 is 3.09 bits per heavy atom. The molecule has 1 saturated carbocycles. The summed E-state index contributed by atoms with van der Waals surface area (Å²) in [5.41, 5.74) is 1.09. The van der Waals surface area contributed by atoms with Gasteiger partial charge in [0.15, 0.2) is 0 Å². The lowest BCUT2D eigenvalue weighted by Gasteiger charge is -2.38. The zero-order chi connectivity index (χ0) is 16.2. The molecule has 1 aliphatic carbocycles. The molecule has 2 fully saturated rings. The van der Waals surface area contributed by atoms with Crippen molar-refractivity contribution in [3.05, 3.63) is 30.1 Å². The summed E-state index contributed by atoms with van der Waals surface area (Å²) in [6, 6.07) is 4.20. The fraction of sp³-hybridized carbons (Fsp3) is 0.647. The highest BCUT2D eigenvalue weighted by molar-refractivity contribution is 5.74. The maximum Gasteiger partial charge on any atom is 0.319 e. The monoisotopic (exact) mass is 319 g/mol. The Hall–Kier alpha value is -1.66. The summed E-state index contributed by atoms with van der Waals surface area (Å²) in [6.07, 6.45) is 5.67. The van der Waals surface area contributed by atoms with Crippen LogP contribution in [0.25, 0.3) is 0 Å². The fourth-order valence-electron chi connectivity index (χ4n) is 3.51. The van der Waals surface area contributed by atoms with Gasteiger partial charge in [0.1, 0.15) is 0 Å². The van der Waals surface area contributed by atoms with Crippen LogP contribution in [0.4, 0.5) is 4.79 Å². The second kappa shape index (κ2) is 7.27. The number of urea groups is 1. The molecule has 1 aromatic rings. The minimum atomic E-state index is 0.0835. The van der Waals surface area contributed by atoms with Crippen LogP contribution >= 0.6 is 0 Å². The average Bonchev–Trinajstić information content (AvgIpc) is 2.97. The molecule has 2 heterocycles. The lowest BCUT2D eigenvalue weighted by atomic mass is 10.1. The van der Waals surface area contributed by atoms with E-state index in [0.717, 1.165) is 18.4 Å². The van der Waals surface area contributed by atoms with Crippen molar-refractivity contribution in [1.29, 1.82) is 0 Å². The van der Waals surface area contributed by atoms with Crippen molar-refractivity contribution in [2.45, 2.75) is 31.6 Å². The van der Waals surface area contributed by atoms with Crippen molar-refractivity contribution in [3.63, 3.8) is 0 Å². The number of hydrogen-bond donors (Lipinski definition) is 0. The van der Waals surface area contributed by atoms with Gasteiger partial charge in [-0.25, -0.2) is 4.79 Å². The predicted octanol–water partition coefficient (Wildman–Crippen LogP) is 1.76. The van der Waals surface area contributed by atoms with E-state index in [1.165, 1.54) is 0 Å². The normalized spacial score (nSPS) is 26.9. The second-order valence-corrected chi connectivity index (χ2v) is 6.56. The van der Waals surface area contributed by atoms with Crippen LogP contribution < -0.4 is 0 Å². The Balaban J connectivity index is 1.51. The number of rotatable bonds is 4. The maximum absolute atomic E-state index is 12.3. The van der Waals surface area contributed by atoms with Crippen LogP contribution in [-0.2, 0) is 16.1 Å². The average molecular weight is 319 g/mol. The van der Waals surface area contributed by atoms with Gasteiger partial charge in [0.05, 0.1) is 32.0 Å². The van der Waals surface area contributed by atoms with Gasteiger partial charge in [0.2, 0.25) is 0 Å². The third-order valence-electron chi connectivity index (χ3n) is 4.61. The molecular formula is C17H25N3O3. The van der Waals surface area contributed by atoms with Gasteiger partial charge in [-0.15, -0.1) is 0 Å². The summed E-state index contributed by atoms with van der Waals surface area (Å²) < 4.78 is 11.7. The van der Waals surface area contributed by atoms with E-state index in [0.29, 0.717) is 32.3 Å². The number of aromatic nitrogens is 1. The first-order valence-corrected chi connectivity index (χ1v) is 8.21. The lowest BCUT2D eigenvalue weighted by Crippen LogP contribution is -2.54. The number of pyridine rings is 1. The van der Waals surface area contributed by atoms with Crippen molar-refractivity contribution >= 4 is 6.03 Å². The number of hydrogen-bond acceptors (Lipinski definition) is 4. The smallest absolute Gasteiger partial charge is 0.319 e. The fourth-order valence-corrected chi connectivity index (χ4v) is 3.51. The van der Waals surface area contributed by atoms with Crippen molar-refractivity contribution in [2.75, 3.05) is 33.9 Å². The molecule has 0 unspecified atom stereocenters. The molecular weight excluding hydrogens is 294 g/mol. The van der Waals surface area contributed by atoms with Gasteiger partial charge in [0, 0.05) is 33.0 Å². The molecule has 126 valence electrons. The Morgan fingerprint density at radius 2 is 2.35 bits per heavy atom. The van der Waals surface area contributed by atoms with Gasteiger partial charge in [-0.1, -0.05) is 6.07 Å². The molecule has 0 bridgehead atoms. The van der Waals surface area contributed by atoms with Crippen LogP contribution in [0.15, 0.2) is 24.5 Å². The van der Waals surface area contributed by atoms with E-state index in [1.807, 2.05) is 23.2 Å². The summed E-state index contributed by atoms with van der Waals surface area (Å²) in [7, 11) is 3.60. The van der Waals surface area contributed by atoms with Gasteiger partial charge < -0.3 is 19.3 Å². The molecule has 1 saturated heterocycles. The number of amides is 2. The van der Waals surface area contributed by atoms with Crippen LogP contribution in [0.3, 0.4) is 0 Å². The lowest BCUT2D eigenvalue weighted by molar-refractivity contribution is -0.0423. The Bertz CT molecular complexity index is 523. The quantitative estimate of drug-likeness (QED) is 0.848. The molecule has 3 rings (SSSR count). The number of carbonyl (C=O) groups excluding carboxylic acids is 1. The molecule has 0 N–H and O–H groups in total. The molecule has 23 heavy (non-hydrogen) atoms. The van der Waals surface area contributed by atoms with E-state index in [1.54, 1.807) is 25.2 Å². The van der Waals surface area contributed by atoms with Crippen molar-refractivity contribution in [1.82, 2.24) is 14.8 Å². The SMILES string of the molecule is CN(C)C(=O)N1CCO[C@@H]2C[C@H](COCc3cccnc3)C[C@H]21. The molecule has 0 radical (unpaired) electrons. The molecule has 3 atom stereocenters. The van der Waals surface area contributed by atoms with Gasteiger partial charge in [0.25, 0.3) is 0 Å². The number of ether oxygens (including phenoxy) is 2. The summed E-state index contributed by atoms with van der Waals surface area (Å²) in [5.74, 6) is 0.442. The van der Waals surface area contributed by atoms with E-state index in [4.69, 9.17) is 9.47 Å². The maximum atomic E-state index is 12.3. The first-order chi connectivity index (χ1) is 11.1. The Labute approximate surface area is 137 Å². The van der Waals surface area contributed by atoms with E-state index >= 15 is 0 Å². The Kier molecular flexibility index (Phi) is 5.13. The van der Waals surface area contributed by atoms with Crippen LogP contribution in [0.5, 0.6) is 0 Å². The summed E-state index contributed by atoms with van der Waals surface area (Å²) >= 11 is 0. The highest BCUT2D eigenvalue weighted by atomic mass is 16.5. The molecule has 0 spiro atoms. The molecule has 6 heteroatoms. The zero-order valence-electron chi connectivity index (χ0n) is 13.9. The van der Waals surface area contributed by atoms with Crippen LogP contribution in [0.1, 0.15) is 18.4 Å². The van der Waals surface area contributed by atoms with Crippen LogP contribution in [0.2, 0.25) is 0 Å². The van der Waals surface area contributed by atoms with Gasteiger partial charge in [-0.3, -0.25) is 4.98 Å². The highest BCUT2D eigenvalue weighted by Crippen LogP contribution is 2.34. The second-order valence-electron chi connectivity index (χ2n) is 6.56. The van der Waals surface area contributed by atoms with E-state index in [-0.39, 0.29) is 18.2 Å². The predicted molar refractivity (Wildman–Crippen MR) is 85.9 cm³/mol. The summed E-state index contributed by atoms with van der Waals surface area (Å²) in [5, 5.41) is 0.